The second-order valence-corrected chi connectivity index (χ2v) is 8.97. The third-order valence-corrected chi connectivity index (χ3v) is 6.17. The van der Waals surface area contributed by atoms with Crippen LogP contribution in [-0.2, 0) is 11.0 Å². The van der Waals surface area contributed by atoms with E-state index < -0.39 is 5.60 Å². The van der Waals surface area contributed by atoms with Crippen molar-refractivity contribution in [2.45, 2.75) is 71.0 Å². The van der Waals surface area contributed by atoms with Gasteiger partial charge in [-0.2, -0.15) is 0 Å². The average Bonchev–Trinajstić information content (AvgIpc) is 2.39. The van der Waals surface area contributed by atoms with Crippen LogP contribution in [0.15, 0.2) is 18.2 Å². The van der Waals surface area contributed by atoms with Gasteiger partial charge in [-0.25, -0.2) is 0 Å². The van der Waals surface area contributed by atoms with Crippen LogP contribution in [0.2, 0.25) is 0 Å². The van der Waals surface area contributed by atoms with Crippen molar-refractivity contribution in [2.24, 2.45) is 11.3 Å². The van der Waals surface area contributed by atoms with Gasteiger partial charge in [0.05, 0.1) is 11.7 Å². The van der Waals surface area contributed by atoms with E-state index in [1.165, 1.54) is 0 Å². The molecule has 1 saturated carbocycles. The number of fused-ring (bicyclic) bond motifs is 3. The van der Waals surface area contributed by atoms with E-state index in [1.807, 2.05) is 18.2 Å². The van der Waals surface area contributed by atoms with Gasteiger partial charge in [0.2, 0.25) is 0 Å². The molecule has 0 spiro atoms. The Morgan fingerprint density at radius 2 is 1.83 bits per heavy atom. The standard InChI is InChI=1S/C20H28O3/c1-18(2)10-13(21)11-20(5)15-7-6-12(19(3,4)23)8-14(15)16(22)9-17(18)20/h6-8,13,17,21,23H,9-11H2,1-5H3/t13-,17+,20-/m1/s1. The Labute approximate surface area is 138 Å². The zero-order chi connectivity index (χ0) is 17.2. The summed E-state index contributed by atoms with van der Waals surface area (Å²) < 4.78 is 0. The summed E-state index contributed by atoms with van der Waals surface area (Å²) >= 11 is 0. The van der Waals surface area contributed by atoms with Crippen LogP contribution in [0.1, 0.15) is 75.4 Å². The molecule has 1 aromatic rings. The van der Waals surface area contributed by atoms with Gasteiger partial charge in [0, 0.05) is 12.0 Å². The molecule has 0 unspecified atom stereocenters. The van der Waals surface area contributed by atoms with Gasteiger partial charge in [-0.15, -0.1) is 0 Å². The summed E-state index contributed by atoms with van der Waals surface area (Å²) in [5.41, 5.74) is 1.32. The monoisotopic (exact) mass is 316 g/mol. The Morgan fingerprint density at radius 1 is 1.17 bits per heavy atom. The van der Waals surface area contributed by atoms with Crippen molar-refractivity contribution in [1.29, 1.82) is 0 Å². The summed E-state index contributed by atoms with van der Waals surface area (Å²) in [6.07, 6.45) is 1.64. The Morgan fingerprint density at radius 3 is 2.43 bits per heavy atom. The zero-order valence-electron chi connectivity index (χ0n) is 14.8. The van der Waals surface area contributed by atoms with E-state index in [2.05, 4.69) is 20.8 Å². The predicted molar refractivity (Wildman–Crippen MR) is 90.5 cm³/mol. The first-order valence-electron chi connectivity index (χ1n) is 8.54. The minimum Gasteiger partial charge on any atom is -0.393 e. The van der Waals surface area contributed by atoms with E-state index >= 15 is 0 Å². The fourth-order valence-corrected chi connectivity index (χ4v) is 5.06. The zero-order valence-corrected chi connectivity index (χ0v) is 14.8. The number of hydrogen-bond donors (Lipinski definition) is 2. The first-order chi connectivity index (χ1) is 10.4. The molecule has 3 rings (SSSR count). The number of aliphatic hydroxyl groups excluding tert-OH is 1. The summed E-state index contributed by atoms with van der Waals surface area (Å²) in [6.45, 7) is 10.0. The molecule has 23 heavy (non-hydrogen) atoms. The van der Waals surface area contributed by atoms with Gasteiger partial charge in [-0.1, -0.05) is 32.9 Å². The molecule has 0 amide bonds. The van der Waals surface area contributed by atoms with E-state index in [0.29, 0.717) is 12.8 Å². The highest BCUT2D eigenvalue weighted by Crippen LogP contribution is 2.57. The third kappa shape index (κ3) is 2.54. The molecular formula is C20H28O3. The second-order valence-electron chi connectivity index (χ2n) is 8.97. The lowest BCUT2D eigenvalue weighted by atomic mass is 9.49. The summed E-state index contributed by atoms with van der Waals surface area (Å²) in [6, 6.07) is 5.78. The van der Waals surface area contributed by atoms with Crippen molar-refractivity contribution < 1.29 is 15.0 Å². The molecule has 3 heteroatoms. The fourth-order valence-electron chi connectivity index (χ4n) is 5.06. The molecule has 2 aliphatic rings. The first kappa shape index (κ1) is 16.7. The quantitative estimate of drug-likeness (QED) is 0.833. The number of carbonyl (C=O) groups is 1. The van der Waals surface area contributed by atoms with Crippen LogP contribution >= 0.6 is 0 Å². The van der Waals surface area contributed by atoms with Crippen molar-refractivity contribution in [3.63, 3.8) is 0 Å². The van der Waals surface area contributed by atoms with Crippen LogP contribution in [0.25, 0.3) is 0 Å². The first-order valence-corrected chi connectivity index (χ1v) is 8.54. The molecule has 2 aliphatic carbocycles. The Hall–Kier alpha value is -1.19. The maximum absolute atomic E-state index is 12.8. The summed E-state index contributed by atoms with van der Waals surface area (Å²) in [5, 5.41) is 20.6. The summed E-state index contributed by atoms with van der Waals surface area (Å²) in [5.74, 6) is 0.407. The number of carbonyl (C=O) groups excluding carboxylic acids is 1. The average molecular weight is 316 g/mol. The minimum absolute atomic E-state index is 0.0608. The van der Waals surface area contributed by atoms with E-state index in [1.54, 1.807) is 13.8 Å². The van der Waals surface area contributed by atoms with Crippen molar-refractivity contribution in [2.75, 3.05) is 0 Å². The van der Waals surface area contributed by atoms with Gasteiger partial charge >= 0.3 is 0 Å². The van der Waals surface area contributed by atoms with Crippen LogP contribution in [0.5, 0.6) is 0 Å². The van der Waals surface area contributed by atoms with E-state index in [-0.39, 0.29) is 28.6 Å². The number of benzene rings is 1. The highest BCUT2D eigenvalue weighted by atomic mass is 16.3. The maximum atomic E-state index is 12.8. The molecule has 126 valence electrons. The minimum atomic E-state index is -0.960. The van der Waals surface area contributed by atoms with Crippen molar-refractivity contribution in [1.82, 2.24) is 0 Å². The van der Waals surface area contributed by atoms with Crippen LogP contribution in [0, 0.1) is 11.3 Å². The highest BCUT2D eigenvalue weighted by molar-refractivity contribution is 5.99. The molecule has 0 bridgehead atoms. The lowest BCUT2D eigenvalue weighted by Crippen LogP contribution is -2.53. The molecule has 0 radical (unpaired) electrons. The van der Waals surface area contributed by atoms with Crippen molar-refractivity contribution in [3.8, 4) is 0 Å². The third-order valence-electron chi connectivity index (χ3n) is 6.17. The van der Waals surface area contributed by atoms with Crippen LogP contribution in [0.4, 0.5) is 0 Å². The smallest absolute Gasteiger partial charge is 0.163 e. The number of aliphatic hydroxyl groups is 2. The second kappa shape index (κ2) is 4.90. The number of ketones is 1. The molecule has 0 saturated heterocycles. The van der Waals surface area contributed by atoms with Crippen molar-refractivity contribution in [3.05, 3.63) is 34.9 Å². The summed E-state index contributed by atoms with van der Waals surface area (Å²) in [7, 11) is 0. The lowest BCUT2D eigenvalue weighted by molar-refractivity contribution is -0.0347. The topological polar surface area (TPSA) is 57.5 Å². The molecule has 1 fully saturated rings. The van der Waals surface area contributed by atoms with Crippen LogP contribution < -0.4 is 0 Å². The van der Waals surface area contributed by atoms with E-state index in [0.717, 1.165) is 23.1 Å². The Bertz CT molecular complexity index is 653. The summed E-state index contributed by atoms with van der Waals surface area (Å²) in [4.78, 5) is 12.8. The van der Waals surface area contributed by atoms with Gasteiger partial charge in [0.1, 0.15) is 0 Å². The van der Waals surface area contributed by atoms with Gasteiger partial charge in [-0.3, -0.25) is 4.79 Å². The van der Waals surface area contributed by atoms with E-state index in [9.17, 15) is 15.0 Å². The molecule has 3 atom stereocenters. The van der Waals surface area contributed by atoms with Gasteiger partial charge in [0.15, 0.2) is 5.78 Å². The van der Waals surface area contributed by atoms with Crippen molar-refractivity contribution >= 4 is 5.78 Å². The predicted octanol–water partition coefficient (Wildman–Crippen LogP) is 3.56. The largest absolute Gasteiger partial charge is 0.393 e. The molecule has 0 heterocycles. The van der Waals surface area contributed by atoms with Crippen LogP contribution in [0.3, 0.4) is 0 Å². The number of rotatable bonds is 1. The molecule has 0 aromatic heterocycles. The Balaban J connectivity index is 2.17. The number of Topliss-reactive ketones (excluding diaryl/α,β-unsaturated/α-hetero) is 1. The normalized spacial score (nSPS) is 33.1. The lowest BCUT2D eigenvalue weighted by Gasteiger charge is -2.55. The van der Waals surface area contributed by atoms with E-state index in [4.69, 9.17) is 0 Å². The highest BCUT2D eigenvalue weighted by Gasteiger charge is 2.54. The molecule has 0 aliphatic heterocycles. The molecule has 1 aromatic carbocycles. The SMILES string of the molecule is CC(C)(O)c1ccc2c(c1)C(=O)C[C@H]1C(C)(C)C[C@@H](O)C[C@]21C. The maximum Gasteiger partial charge on any atom is 0.163 e. The molecular weight excluding hydrogens is 288 g/mol. The molecule has 2 N–H and O–H groups in total. The van der Waals surface area contributed by atoms with Gasteiger partial charge in [0.25, 0.3) is 0 Å². The fraction of sp³-hybridized carbons (Fsp3) is 0.650. The van der Waals surface area contributed by atoms with Gasteiger partial charge < -0.3 is 10.2 Å². The number of hydrogen-bond acceptors (Lipinski definition) is 3. The van der Waals surface area contributed by atoms with Gasteiger partial charge in [-0.05, 0) is 60.6 Å². The van der Waals surface area contributed by atoms with Crippen LogP contribution in [-0.4, -0.2) is 22.1 Å². The molecule has 3 nitrogen and oxygen atoms in total. The Kier molecular flexibility index (Phi) is 3.55.